The molecular weight excluding hydrogens is 403 g/mol. The van der Waals surface area contributed by atoms with Crippen molar-refractivity contribution in [3.05, 3.63) is 92.8 Å². The van der Waals surface area contributed by atoms with Gasteiger partial charge >= 0.3 is 5.97 Å². The number of ether oxygens (including phenoxy) is 1. The minimum atomic E-state index is -0.735. The molecule has 2 aromatic carbocycles. The molecule has 0 saturated carbocycles. The number of rotatable bonds is 3. The van der Waals surface area contributed by atoms with Crippen molar-refractivity contribution < 1.29 is 18.7 Å². The molecule has 0 fully saturated rings. The zero-order valence-corrected chi connectivity index (χ0v) is 17.6. The Kier molecular flexibility index (Phi) is 5.61. The molecule has 2 aliphatic carbocycles. The van der Waals surface area contributed by atoms with Crippen LogP contribution in [0.5, 0.6) is 0 Å². The molecular formula is C25H22ClFO3. The molecule has 2 unspecified atom stereocenters. The van der Waals surface area contributed by atoms with Gasteiger partial charge in [0.15, 0.2) is 5.78 Å². The maximum Gasteiger partial charge on any atom is 0.334 e. The van der Waals surface area contributed by atoms with Gasteiger partial charge in [0.1, 0.15) is 5.82 Å². The Labute approximate surface area is 180 Å². The van der Waals surface area contributed by atoms with Crippen LogP contribution in [-0.4, -0.2) is 18.9 Å². The average Bonchev–Trinajstić information content (AvgIpc) is 2.73. The Bertz CT molecular complexity index is 1080. The lowest BCUT2D eigenvalue weighted by Crippen LogP contribution is -2.30. The minimum absolute atomic E-state index is 0.0432. The Morgan fingerprint density at radius 3 is 2.47 bits per heavy atom. The summed E-state index contributed by atoms with van der Waals surface area (Å²) in [5.41, 5.74) is 4.11. The molecule has 0 bridgehead atoms. The van der Waals surface area contributed by atoms with Crippen molar-refractivity contribution in [3.63, 3.8) is 0 Å². The Hall–Kier alpha value is -2.72. The summed E-state index contributed by atoms with van der Waals surface area (Å²) < 4.78 is 19.8. The fraction of sp³-hybridized carbons (Fsp3) is 0.280. The highest BCUT2D eigenvalue weighted by atomic mass is 35.5. The van der Waals surface area contributed by atoms with Gasteiger partial charge in [-0.2, -0.15) is 0 Å². The topological polar surface area (TPSA) is 43.4 Å². The van der Waals surface area contributed by atoms with Gasteiger partial charge in [-0.05, 0) is 49.4 Å². The molecule has 4 rings (SSSR count). The van der Waals surface area contributed by atoms with Gasteiger partial charge in [-0.3, -0.25) is 4.79 Å². The molecule has 0 spiro atoms. The summed E-state index contributed by atoms with van der Waals surface area (Å²) in [6, 6.07) is 13.9. The van der Waals surface area contributed by atoms with Crippen molar-refractivity contribution in [2.45, 2.75) is 38.0 Å². The van der Waals surface area contributed by atoms with Crippen LogP contribution in [-0.2, 0) is 14.3 Å². The third kappa shape index (κ3) is 3.61. The highest BCUT2D eigenvalue weighted by Crippen LogP contribution is 2.49. The molecule has 3 nitrogen and oxygen atoms in total. The van der Waals surface area contributed by atoms with Crippen molar-refractivity contribution in [2.75, 3.05) is 7.11 Å². The van der Waals surface area contributed by atoms with Crippen molar-refractivity contribution in [2.24, 2.45) is 0 Å². The second kappa shape index (κ2) is 8.19. The molecule has 5 heteroatoms. The van der Waals surface area contributed by atoms with Crippen LogP contribution in [0.25, 0.3) is 0 Å². The number of hydrogen-bond acceptors (Lipinski definition) is 3. The molecule has 0 aromatic heterocycles. The fourth-order valence-electron chi connectivity index (χ4n) is 4.74. The van der Waals surface area contributed by atoms with Crippen LogP contribution in [0.15, 0.2) is 70.8 Å². The van der Waals surface area contributed by atoms with E-state index in [9.17, 15) is 14.0 Å². The van der Waals surface area contributed by atoms with Crippen LogP contribution in [0.3, 0.4) is 0 Å². The number of benzene rings is 2. The lowest BCUT2D eigenvalue weighted by molar-refractivity contribution is -0.136. The largest absolute Gasteiger partial charge is 0.466 e. The minimum Gasteiger partial charge on any atom is -0.466 e. The molecule has 0 saturated heterocycles. The van der Waals surface area contributed by atoms with Crippen molar-refractivity contribution in [1.29, 1.82) is 0 Å². The number of carbonyl (C=O) groups excluding carboxylic acids is 2. The summed E-state index contributed by atoms with van der Waals surface area (Å²) in [6.45, 7) is 1.86. The number of hydrogen-bond donors (Lipinski definition) is 0. The zero-order valence-electron chi connectivity index (χ0n) is 16.9. The normalized spacial score (nSPS) is 21.5. The summed E-state index contributed by atoms with van der Waals surface area (Å²) in [5.74, 6) is -1.68. The number of methoxy groups -OCH3 is 1. The van der Waals surface area contributed by atoms with Crippen molar-refractivity contribution in [1.82, 2.24) is 0 Å². The average molecular weight is 425 g/mol. The van der Waals surface area contributed by atoms with E-state index in [2.05, 4.69) is 0 Å². The molecule has 2 aromatic rings. The highest BCUT2D eigenvalue weighted by molar-refractivity contribution is 6.30. The Morgan fingerprint density at radius 2 is 1.80 bits per heavy atom. The SMILES string of the molecule is COC(=O)C1=C(C)CC2=C(C(=O)CC(c3ccc(Cl)cc3)C2)C1c1ccccc1F. The Morgan fingerprint density at radius 1 is 1.10 bits per heavy atom. The second-order valence-corrected chi connectivity index (χ2v) is 8.35. The van der Waals surface area contributed by atoms with E-state index in [1.54, 1.807) is 18.2 Å². The first-order valence-electron chi connectivity index (χ1n) is 9.93. The van der Waals surface area contributed by atoms with Gasteiger partial charge in [0.25, 0.3) is 0 Å². The molecule has 154 valence electrons. The molecule has 0 amide bonds. The van der Waals surface area contributed by atoms with Gasteiger partial charge in [0, 0.05) is 34.1 Å². The van der Waals surface area contributed by atoms with Gasteiger partial charge in [-0.15, -0.1) is 0 Å². The van der Waals surface area contributed by atoms with E-state index in [0.717, 1.165) is 16.7 Å². The molecule has 0 N–H and O–H groups in total. The molecule has 2 aliphatic rings. The van der Waals surface area contributed by atoms with Gasteiger partial charge in [0.05, 0.1) is 7.11 Å². The maximum absolute atomic E-state index is 14.8. The first-order chi connectivity index (χ1) is 14.4. The van der Waals surface area contributed by atoms with Gasteiger partial charge in [0.2, 0.25) is 0 Å². The summed E-state index contributed by atoms with van der Waals surface area (Å²) in [4.78, 5) is 26.0. The number of allylic oxidation sites excluding steroid dienone is 3. The summed E-state index contributed by atoms with van der Waals surface area (Å²) >= 11 is 6.01. The number of halogens is 2. The van der Waals surface area contributed by atoms with Crippen LogP contribution >= 0.6 is 11.6 Å². The fourth-order valence-corrected chi connectivity index (χ4v) is 4.87. The quantitative estimate of drug-likeness (QED) is 0.576. The van der Waals surface area contributed by atoms with E-state index in [1.165, 1.54) is 13.2 Å². The third-order valence-electron chi connectivity index (χ3n) is 6.08. The van der Waals surface area contributed by atoms with Crippen LogP contribution in [0.1, 0.15) is 49.1 Å². The first-order valence-corrected chi connectivity index (χ1v) is 10.3. The summed E-state index contributed by atoms with van der Waals surface area (Å²) in [6.07, 6.45) is 1.53. The standard InChI is InChI=1S/C25H22ClFO3/c1-14-11-17-12-16(15-7-9-18(26)10-8-15)13-21(28)23(17)24(22(14)25(29)30-2)19-5-3-4-6-20(19)27/h3-10,16,24H,11-13H2,1-2H3. The van der Waals surface area contributed by atoms with E-state index < -0.39 is 17.7 Å². The monoisotopic (exact) mass is 424 g/mol. The predicted molar refractivity (Wildman–Crippen MR) is 114 cm³/mol. The van der Waals surface area contributed by atoms with E-state index in [4.69, 9.17) is 16.3 Å². The van der Waals surface area contributed by atoms with Crippen LogP contribution < -0.4 is 0 Å². The third-order valence-corrected chi connectivity index (χ3v) is 6.34. The van der Waals surface area contributed by atoms with Gasteiger partial charge in [-0.25, -0.2) is 9.18 Å². The molecule has 0 aliphatic heterocycles. The number of carbonyl (C=O) groups is 2. The smallest absolute Gasteiger partial charge is 0.334 e. The summed E-state index contributed by atoms with van der Waals surface area (Å²) in [7, 11) is 1.31. The van der Waals surface area contributed by atoms with E-state index in [0.29, 0.717) is 41.0 Å². The van der Waals surface area contributed by atoms with Crippen LogP contribution in [0, 0.1) is 5.82 Å². The van der Waals surface area contributed by atoms with E-state index in [-0.39, 0.29) is 11.7 Å². The number of ketones is 1. The van der Waals surface area contributed by atoms with Crippen molar-refractivity contribution in [3.8, 4) is 0 Å². The first kappa shape index (κ1) is 20.5. The number of esters is 1. The van der Waals surface area contributed by atoms with E-state index >= 15 is 0 Å². The predicted octanol–water partition coefficient (Wildman–Crippen LogP) is 5.90. The van der Waals surface area contributed by atoms with Crippen LogP contribution in [0.4, 0.5) is 4.39 Å². The molecule has 2 atom stereocenters. The van der Waals surface area contributed by atoms with Gasteiger partial charge < -0.3 is 4.74 Å². The number of Topliss-reactive ketones (excluding diaryl/α,β-unsaturated/α-hetero) is 1. The molecule has 0 heterocycles. The van der Waals surface area contributed by atoms with E-state index in [1.807, 2.05) is 31.2 Å². The highest BCUT2D eigenvalue weighted by Gasteiger charge is 2.41. The molecule has 30 heavy (non-hydrogen) atoms. The van der Waals surface area contributed by atoms with Crippen LogP contribution in [0.2, 0.25) is 5.02 Å². The maximum atomic E-state index is 14.8. The Balaban J connectivity index is 1.82. The lowest BCUT2D eigenvalue weighted by atomic mass is 9.67. The van der Waals surface area contributed by atoms with Crippen molar-refractivity contribution >= 4 is 23.4 Å². The lowest BCUT2D eigenvalue weighted by Gasteiger charge is -2.36. The second-order valence-electron chi connectivity index (χ2n) is 7.91. The van der Waals surface area contributed by atoms with Gasteiger partial charge in [-0.1, -0.05) is 53.1 Å². The zero-order chi connectivity index (χ0) is 21.4. The summed E-state index contributed by atoms with van der Waals surface area (Å²) in [5, 5.41) is 0.652. The molecule has 0 radical (unpaired) electrons.